The van der Waals surface area contributed by atoms with E-state index in [-0.39, 0.29) is 5.92 Å². The number of aromatic nitrogens is 1. The van der Waals surface area contributed by atoms with Crippen LogP contribution >= 0.6 is 11.8 Å². The van der Waals surface area contributed by atoms with Crippen LogP contribution < -0.4 is 0 Å². The van der Waals surface area contributed by atoms with E-state index < -0.39 is 6.10 Å². The van der Waals surface area contributed by atoms with Crippen LogP contribution in [0.3, 0.4) is 0 Å². The van der Waals surface area contributed by atoms with Gasteiger partial charge in [0.25, 0.3) is 0 Å². The number of rotatable bonds is 2. The molecule has 0 spiro atoms. The van der Waals surface area contributed by atoms with Crippen molar-refractivity contribution in [2.75, 3.05) is 5.75 Å². The van der Waals surface area contributed by atoms with Gasteiger partial charge < -0.3 is 5.11 Å². The van der Waals surface area contributed by atoms with Gasteiger partial charge in [0.2, 0.25) is 0 Å². The summed E-state index contributed by atoms with van der Waals surface area (Å²) >= 11 is 1.82. The van der Waals surface area contributed by atoms with Gasteiger partial charge in [-0.05, 0) is 29.7 Å². The Morgan fingerprint density at radius 2 is 2.17 bits per heavy atom. The molecular formula is C15H15NOS. The van der Waals surface area contributed by atoms with E-state index in [4.69, 9.17) is 0 Å². The van der Waals surface area contributed by atoms with Crippen molar-refractivity contribution in [3.63, 3.8) is 0 Å². The zero-order valence-electron chi connectivity index (χ0n) is 10.2. The average molecular weight is 257 g/mol. The zero-order chi connectivity index (χ0) is 12.5. The van der Waals surface area contributed by atoms with Crippen LogP contribution in [0.1, 0.15) is 28.7 Å². The topological polar surface area (TPSA) is 33.1 Å². The molecule has 2 aromatic rings. The minimum atomic E-state index is -0.464. The number of hydrogen-bond donors (Lipinski definition) is 1. The third kappa shape index (κ3) is 2.04. The Morgan fingerprint density at radius 1 is 1.33 bits per heavy atom. The van der Waals surface area contributed by atoms with Gasteiger partial charge in [0.1, 0.15) is 0 Å². The Morgan fingerprint density at radius 3 is 3.00 bits per heavy atom. The third-order valence-corrected chi connectivity index (χ3v) is 4.56. The van der Waals surface area contributed by atoms with Crippen LogP contribution in [0, 0.1) is 6.92 Å². The molecule has 0 fully saturated rings. The van der Waals surface area contributed by atoms with Gasteiger partial charge in [0.05, 0.1) is 6.10 Å². The van der Waals surface area contributed by atoms with Crippen molar-refractivity contribution in [1.82, 2.24) is 4.98 Å². The van der Waals surface area contributed by atoms with Crippen LogP contribution in [0.4, 0.5) is 0 Å². The monoisotopic (exact) mass is 257 g/mol. The number of aliphatic hydroxyl groups is 1. The van der Waals surface area contributed by atoms with Gasteiger partial charge in [-0.25, -0.2) is 0 Å². The molecule has 1 aromatic carbocycles. The molecule has 2 heterocycles. The fourth-order valence-corrected chi connectivity index (χ4v) is 3.70. The summed E-state index contributed by atoms with van der Waals surface area (Å²) in [4.78, 5) is 5.46. The second-order valence-electron chi connectivity index (χ2n) is 4.70. The standard InChI is InChI=1S/C15H15NOS/c1-10-6-11(8-16-7-10)15(17)13-9-18-14-5-3-2-4-12(13)14/h2-8,13,15,17H,9H2,1H3. The molecule has 3 heteroatoms. The van der Waals surface area contributed by atoms with Gasteiger partial charge in [0, 0.05) is 29.0 Å². The van der Waals surface area contributed by atoms with Crippen molar-refractivity contribution in [2.45, 2.75) is 23.8 Å². The van der Waals surface area contributed by atoms with Crippen molar-refractivity contribution in [3.8, 4) is 0 Å². The summed E-state index contributed by atoms with van der Waals surface area (Å²) in [6.45, 7) is 2.00. The van der Waals surface area contributed by atoms with Crippen LogP contribution in [-0.2, 0) is 0 Å². The fourth-order valence-electron chi connectivity index (χ4n) is 2.42. The van der Waals surface area contributed by atoms with Gasteiger partial charge in [-0.3, -0.25) is 4.98 Å². The van der Waals surface area contributed by atoms with Gasteiger partial charge in [0.15, 0.2) is 0 Å². The van der Waals surface area contributed by atoms with Crippen molar-refractivity contribution < 1.29 is 5.11 Å². The van der Waals surface area contributed by atoms with Crippen LogP contribution in [0.5, 0.6) is 0 Å². The van der Waals surface area contributed by atoms with Crippen molar-refractivity contribution in [3.05, 3.63) is 59.4 Å². The second kappa shape index (κ2) is 4.75. The lowest BCUT2D eigenvalue weighted by Gasteiger charge is -2.19. The molecule has 1 N–H and O–H groups in total. The zero-order valence-corrected chi connectivity index (χ0v) is 11.0. The molecule has 0 aliphatic carbocycles. The number of thioether (sulfide) groups is 1. The number of nitrogens with zero attached hydrogens (tertiary/aromatic N) is 1. The highest BCUT2D eigenvalue weighted by molar-refractivity contribution is 7.99. The normalized spacial score (nSPS) is 19.6. The van der Waals surface area contributed by atoms with Crippen molar-refractivity contribution >= 4 is 11.8 Å². The Hall–Kier alpha value is -1.32. The molecular weight excluding hydrogens is 242 g/mol. The number of pyridine rings is 1. The Balaban J connectivity index is 1.93. The van der Waals surface area contributed by atoms with E-state index in [1.807, 2.05) is 37.0 Å². The summed E-state index contributed by atoms with van der Waals surface area (Å²) in [5, 5.41) is 10.5. The molecule has 1 aromatic heterocycles. The lowest BCUT2D eigenvalue weighted by molar-refractivity contribution is 0.153. The second-order valence-corrected chi connectivity index (χ2v) is 5.76. The van der Waals surface area contributed by atoms with Crippen LogP contribution in [0.15, 0.2) is 47.6 Å². The first-order valence-electron chi connectivity index (χ1n) is 6.07. The summed E-state index contributed by atoms with van der Waals surface area (Å²) in [5.74, 6) is 1.11. The minimum absolute atomic E-state index is 0.176. The van der Waals surface area contributed by atoms with Crippen LogP contribution in [0.25, 0.3) is 0 Å². The maximum absolute atomic E-state index is 10.5. The van der Waals surface area contributed by atoms with E-state index in [0.29, 0.717) is 0 Å². The van der Waals surface area contributed by atoms with E-state index in [9.17, 15) is 5.11 Å². The Bertz CT molecular complexity index is 570. The summed E-state index contributed by atoms with van der Waals surface area (Å²) in [6, 6.07) is 10.4. The molecule has 0 radical (unpaired) electrons. The van der Waals surface area contributed by atoms with E-state index in [1.165, 1.54) is 10.5 Å². The first-order valence-corrected chi connectivity index (χ1v) is 7.05. The molecule has 3 rings (SSSR count). The van der Waals surface area contributed by atoms with E-state index in [1.54, 1.807) is 6.20 Å². The van der Waals surface area contributed by atoms with Crippen LogP contribution in [-0.4, -0.2) is 15.8 Å². The lowest BCUT2D eigenvalue weighted by Crippen LogP contribution is -2.10. The van der Waals surface area contributed by atoms with Crippen molar-refractivity contribution in [2.24, 2.45) is 0 Å². The molecule has 1 aliphatic rings. The summed E-state index contributed by atoms with van der Waals surface area (Å²) < 4.78 is 0. The fraction of sp³-hybridized carbons (Fsp3) is 0.267. The minimum Gasteiger partial charge on any atom is -0.388 e. The molecule has 0 saturated carbocycles. The molecule has 0 saturated heterocycles. The highest BCUT2D eigenvalue weighted by Gasteiger charge is 2.30. The highest BCUT2D eigenvalue weighted by Crippen LogP contribution is 2.45. The third-order valence-electron chi connectivity index (χ3n) is 3.36. The lowest BCUT2D eigenvalue weighted by atomic mass is 9.91. The number of hydrogen-bond acceptors (Lipinski definition) is 3. The molecule has 18 heavy (non-hydrogen) atoms. The molecule has 2 atom stereocenters. The average Bonchev–Trinajstić information content (AvgIpc) is 2.82. The number of aliphatic hydroxyl groups excluding tert-OH is 1. The van der Waals surface area contributed by atoms with E-state index in [2.05, 4.69) is 23.2 Å². The molecule has 2 nitrogen and oxygen atoms in total. The van der Waals surface area contributed by atoms with E-state index >= 15 is 0 Å². The van der Waals surface area contributed by atoms with Crippen molar-refractivity contribution in [1.29, 1.82) is 0 Å². The number of aryl methyl sites for hydroxylation is 1. The first-order chi connectivity index (χ1) is 8.75. The molecule has 1 aliphatic heterocycles. The first kappa shape index (κ1) is 11.8. The number of fused-ring (bicyclic) bond motifs is 1. The summed E-state index contributed by atoms with van der Waals surface area (Å²) in [7, 11) is 0. The Kier molecular flexibility index (Phi) is 3.10. The number of benzene rings is 1. The van der Waals surface area contributed by atoms with Gasteiger partial charge >= 0.3 is 0 Å². The smallest absolute Gasteiger partial charge is 0.0881 e. The summed E-state index contributed by atoms with van der Waals surface area (Å²) in [5.41, 5.74) is 3.26. The SMILES string of the molecule is Cc1cncc(C(O)C2CSc3ccccc32)c1. The Labute approximate surface area is 111 Å². The quantitative estimate of drug-likeness (QED) is 0.896. The predicted molar refractivity (Wildman–Crippen MR) is 73.8 cm³/mol. The molecule has 0 bridgehead atoms. The van der Waals surface area contributed by atoms with Crippen LogP contribution in [0.2, 0.25) is 0 Å². The maximum atomic E-state index is 10.5. The maximum Gasteiger partial charge on any atom is 0.0881 e. The van der Waals surface area contributed by atoms with Gasteiger partial charge in [-0.1, -0.05) is 24.3 Å². The molecule has 92 valence electrons. The van der Waals surface area contributed by atoms with E-state index in [0.717, 1.165) is 16.9 Å². The predicted octanol–water partition coefficient (Wildman–Crippen LogP) is 3.31. The largest absolute Gasteiger partial charge is 0.388 e. The highest BCUT2D eigenvalue weighted by atomic mass is 32.2. The molecule has 0 amide bonds. The summed E-state index contributed by atoms with van der Waals surface area (Å²) in [6.07, 6.45) is 3.12. The van der Waals surface area contributed by atoms with Gasteiger partial charge in [-0.15, -0.1) is 11.8 Å². The van der Waals surface area contributed by atoms with Gasteiger partial charge in [-0.2, -0.15) is 0 Å². The molecule has 2 unspecified atom stereocenters.